The molecule has 1 aromatic carbocycles. The van der Waals surface area contributed by atoms with Crippen molar-refractivity contribution in [3.05, 3.63) is 63.6 Å². The molecule has 0 bridgehead atoms. The molecule has 112 valence electrons. The zero-order valence-corrected chi connectivity index (χ0v) is 14.0. The van der Waals surface area contributed by atoms with Crippen LogP contribution in [0.4, 0.5) is 5.82 Å². The number of anilines is 1. The number of carbonyl (C=O) groups is 1. The Hall–Kier alpha value is -2.20. The Balaban J connectivity index is 1.89. The van der Waals surface area contributed by atoms with Gasteiger partial charge in [-0.05, 0) is 35.9 Å². The Bertz CT molecular complexity index is 854. The number of rotatable bonds is 2. The summed E-state index contributed by atoms with van der Waals surface area (Å²) >= 11 is 12.3. The minimum atomic E-state index is -0.223. The van der Waals surface area contributed by atoms with Crippen LogP contribution in [0.2, 0.25) is 5.02 Å². The average Bonchev–Trinajstić information content (AvgIpc) is 2.83. The van der Waals surface area contributed by atoms with Crippen molar-refractivity contribution >= 4 is 57.7 Å². The number of aromatic nitrogens is 1. The molecule has 0 spiro atoms. The van der Waals surface area contributed by atoms with Crippen LogP contribution in [0.5, 0.6) is 0 Å². The monoisotopic (exact) mass is 357 g/mol. The molecule has 1 aromatic heterocycles. The topological polar surface area (TPSA) is 57.0 Å². The lowest BCUT2D eigenvalue weighted by atomic mass is 10.1. The smallest absolute Gasteiger partial charge is 0.268 e. The SMILES string of the molecule is N#Cc1ccc(/C=C2\SC(=S)N(c3ccc(Cl)cn3)C2=O)cc1. The molecule has 1 aliphatic heterocycles. The van der Waals surface area contributed by atoms with Crippen LogP contribution in [-0.2, 0) is 4.79 Å². The highest BCUT2D eigenvalue weighted by Gasteiger charge is 2.34. The van der Waals surface area contributed by atoms with Crippen molar-refractivity contribution in [1.29, 1.82) is 5.26 Å². The molecule has 0 aliphatic carbocycles. The molecular weight excluding hydrogens is 350 g/mol. The van der Waals surface area contributed by atoms with Gasteiger partial charge in [-0.3, -0.25) is 4.79 Å². The normalized spacial score (nSPS) is 16.0. The molecule has 1 fully saturated rings. The van der Waals surface area contributed by atoms with Crippen LogP contribution >= 0.6 is 35.6 Å². The minimum absolute atomic E-state index is 0.223. The fourth-order valence-electron chi connectivity index (χ4n) is 1.97. The summed E-state index contributed by atoms with van der Waals surface area (Å²) in [5.74, 6) is 0.222. The largest absolute Gasteiger partial charge is 0.271 e. The quantitative estimate of drug-likeness (QED) is 0.600. The molecule has 1 saturated heterocycles. The summed E-state index contributed by atoms with van der Waals surface area (Å²) in [7, 11) is 0. The second-order valence-electron chi connectivity index (χ2n) is 4.59. The summed E-state index contributed by atoms with van der Waals surface area (Å²) in [6.07, 6.45) is 3.22. The van der Waals surface area contributed by atoms with Crippen LogP contribution in [0.3, 0.4) is 0 Å². The van der Waals surface area contributed by atoms with Crippen LogP contribution in [0.25, 0.3) is 6.08 Å². The first kappa shape index (κ1) is 15.7. The van der Waals surface area contributed by atoms with E-state index >= 15 is 0 Å². The van der Waals surface area contributed by atoms with E-state index in [-0.39, 0.29) is 5.91 Å². The number of hydrogen-bond donors (Lipinski definition) is 0. The summed E-state index contributed by atoms with van der Waals surface area (Å²) in [6.45, 7) is 0. The molecule has 2 aromatic rings. The van der Waals surface area contributed by atoms with Crippen molar-refractivity contribution in [3.63, 3.8) is 0 Å². The van der Waals surface area contributed by atoms with Crippen LogP contribution in [0.1, 0.15) is 11.1 Å². The number of nitriles is 1. The molecule has 23 heavy (non-hydrogen) atoms. The summed E-state index contributed by atoms with van der Waals surface area (Å²) in [4.78, 5) is 18.6. The summed E-state index contributed by atoms with van der Waals surface area (Å²) in [5, 5.41) is 9.30. The molecule has 1 amide bonds. The molecule has 0 unspecified atom stereocenters. The van der Waals surface area contributed by atoms with E-state index in [0.717, 1.165) is 5.56 Å². The van der Waals surface area contributed by atoms with Gasteiger partial charge >= 0.3 is 0 Å². The van der Waals surface area contributed by atoms with E-state index in [4.69, 9.17) is 29.1 Å². The Kier molecular flexibility index (Phi) is 4.44. The molecule has 0 saturated carbocycles. The van der Waals surface area contributed by atoms with E-state index in [2.05, 4.69) is 11.1 Å². The third-order valence-electron chi connectivity index (χ3n) is 3.07. The van der Waals surface area contributed by atoms with Crippen LogP contribution in [0, 0.1) is 11.3 Å². The zero-order chi connectivity index (χ0) is 16.4. The van der Waals surface area contributed by atoms with Crippen LogP contribution < -0.4 is 4.90 Å². The predicted molar refractivity (Wildman–Crippen MR) is 96.1 cm³/mol. The number of pyridine rings is 1. The van der Waals surface area contributed by atoms with Gasteiger partial charge in [0, 0.05) is 6.20 Å². The number of carbonyl (C=O) groups excluding carboxylic acids is 1. The number of thiocarbonyl (C=S) groups is 1. The van der Waals surface area contributed by atoms with Crippen molar-refractivity contribution < 1.29 is 4.79 Å². The van der Waals surface area contributed by atoms with E-state index in [1.54, 1.807) is 42.5 Å². The number of amides is 1. The molecule has 0 N–H and O–H groups in total. The number of halogens is 1. The highest BCUT2D eigenvalue weighted by atomic mass is 35.5. The standard InChI is InChI=1S/C16H8ClN3OS2/c17-12-5-6-14(19-9-12)20-15(21)13(23-16(20)22)7-10-1-3-11(8-18)4-2-10/h1-7,9H/b13-7-. The van der Waals surface area contributed by atoms with Crippen molar-refractivity contribution in [1.82, 2.24) is 4.98 Å². The Labute approximate surface area is 147 Å². The van der Waals surface area contributed by atoms with E-state index in [1.807, 2.05) is 0 Å². The van der Waals surface area contributed by atoms with Gasteiger partial charge in [0.15, 0.2) is 4.32 Å². The Morgan fingerprint density at radius 3 is 2.61 bits per heavy atom. The van der Waals surface area contributed by atoms with Crippen molar-refractivity contribution in [2.45, 2.75) is 0 Å². The van der Waals surface area contributed by atoms with E-state index in [0.29, 0.717) is 25.6 Å². The fraction of sp³-hybridized carbons (Fsp3) is 0. The fourth-order valence-corrected chi connectivity index (χ4v) is 3.36. The highest BCUT2D eigenvalue weighted by Crippen LogP contribution is 2.35. The third kappa shape index (κ3) is 3.27. The molecule has 3 rings (SSSR count). The third-order valence-corrected chi connectivity index (χ3v) is 4.60. The number of benzene rings is 1. The molecule has 0 atom stereocenters. The number of hydrogen-bond acceptors (Lipinski definition) is 5. The van der Waals surface area contributed by atoms with Crippen molar-refractivity contribution in [2.24, 2.45) is 0 Å². The van der Waals surface area contributed by atoms with Crippen LogP contribution in [0.15, 0.2) is 47.5 Å². The van der Waals surface area contributed by atoms with Crippen molar-refractivity contribution in [3.8, 4) is 6.07 Å². The first-order valence-corrected chi connectivity index (χ1v) is 8.08. The van der Waals surface area contributed by atoms with Gasteiger partial charge in [0.1, 0.15) is 5.82 Å². The van der Waals surface area contributed by atoms with Gasteiger partial charge in [0.05, 0.1) is 21.6 Å². The lowest BCUT2D eigenvalue weighted by Gasteiger charge is -2.12. The predicted octanol–water partition coefficient (Wildman–Crippen LogP) is 4.01. The lowest BCUT2D eigenvalue weighted by molar-refractivity contribution is -0.113. The maximum Gasteiger partial charge on any atom is 0.271 e. The minimum Gasteiger partial charge on any atom is -0.268 e. The Morgan fingerprint density at radius 1 is 1.26 bits per heavy atom. The lowest BCUT2D eigenvalue weighted by Crippen LogP contribution is -2.28. The van der Waals surface area contributed by atoms with Gasteiger partial charge in [-0.2, -0.15) is 5.26 Å². The molecule has 1 aliphatic rings. The van der Waals surface area contributed by atoms with Gasteiger partial charge in [0.2, 0.25) is 0 Å². The maximum atomic E-state index is 12.6. The second-order valence-corrected chi connectivity index (χ2v) is 6.70. The van der Waals surface area contributed by atoms with Crippen molar-refractivity contribution in [2.75, 3.05) is 4.90 Å². The second kappa shape index (κ2) is 6.50. The van der Waals surface area contributed by atoms with Gasteiger partial charge in [-0.1, -0.05) is 47.7 Å². The molecule has 0 radical (unpaired) electrons. The number of thioether (sulfide) groups is 1. The Morgan fingerprint density at radius 2 is 2.00 bits per heavy atom. The molecule has 7 heteroatoms. The van der Waals surface area contributed by atoms with Crippen LogP contribution in [-0.4, -0.2) is 15.2 Å². The zero-order valence-electron chi connectivity index (χ0n) is 11.6. The first-order valence-electron chi connectivity index (χ1n) is 6.48. The number of nitrogens with zero attached hydrogens (tertiary/aromatic N) is 3. The van der Waals surface area contributed by atoms with Gasteiger partial charge < -0.3 is 0 Å². The maximum absolute atomic E-state index is 12.6. The van der Waals surface area contributed by atoms with Gasteiger partial charge in [-0.15, -0.1) is 0 Å². The summed E-state index contributed by atoms with van der Waals surface area (Å²) < 4.78 is 0.421. The first-order chi connectivity index (χ1) is 11.1. The van der Waals surface area contributed by atoms with E-state index in [1.165, 1.54) is 22.9 Å². The highest BCUT2D eigenvalue weighted by molar-refractivity contribution is 8.27. The molecular formula is C16H8ClN3OS2. The summed E-state index contributed by atoms with van der Waals surface area (Å²) in [6, 6.07) is 12.3. The van der Waals surface area contributed by atoms with Gasteiger partial charge in [0.25, 0.3) is 5.91 Å². The van der Waals surface area contributed by atoms with Gasteiger partial charge in [-0.25, -0.2) is 9.88 Å². The molecule has 2 heterocycles. The summed E-state index contributed by atoms with van der Waals surface area (Å²) in [5.41, 5.74) is 1.40. The molecule has 4 nitrogen and oxygen atoms in total. The van der Waals surface area contributed by atoms with E-state index < -0.39 is 0 Å². The average molecular weight is 358 g/mol. The van der Waals surface area contributed by atoms with E-state index in [9.17, 15) is 4.79 Å².